The first-order valence-corrected chi connectivity index (χ1v) is 7.19. The van der Waals surface area contributed by atoms with Crippen molar-refractivity contribution in [2.45, 2.75) is 32.6 Å². The van der Waals surface area contributed by atoms with E-state index >= 15 is 0 Å². The lowest BCUT2D eigenvalue weighted by atomic mass is 9.83. The molecular weight excluding hydrogens is 236 g/mol. The van der Waals surface area contributed by atoms with Gasteiger partial charge in [0, 0.05) is 19.5 Å². The van der Waals surface area contributed by atoms with Crippen LogP contribution >= 0.6 is 0 Å². The summed E-state index contributed by atoms with van der Waals surface area (Å²) in [5.74, 6) is 0.163. The van der Waals surface area contributed by atoms with E-state index in [0.717, 1.165) is 26.1 Å². The number of hydrogen-bond acceptors (Lipinski definition) is 2. The largest absolute Gasteiger partial charge is 0.355 e. The van der Waals surface area contributed by atoms with Crippen molar-refractivity contribution in [3.05, 3.63) is 35.9 Å². The first-order chi connectivity index (χ1) is 9.18. The zero-order valence-corrected chi connectivity index (χ0v) is 11.7. The molecule has 2 rings (SSSR count). The normalized spacial score (nSPS) is 23.0. The molecule has 3 nitrogen and oxygen atoms in total. The highest BCUT2D eigenvalue weighted by Crippen LogP contribution is 2.24. The Bertz CT molecular complexity index is 396. The molecule has 19 heavy (non-hydrogen) atoms. The fourth-order valence-corrected chi connectivity index (χ4v) is 2.57. The molecule has 1 aromatic carbocycles. The van der Waals surface area contributed by atoms with Crippen LogP contribution < -0.4 is 10.6 Å². The van der Waals surface area contributed by atoms with Crippen molar-refractivity contribution >= 4 is 5.91 Å². The Morgan fingerprint density at radius 3 is 2.84 bits per heavy atom. The second-order valence-corrected chi connectivity index (χ2v) is 5.85. The molecule has 104 valence electrons. The third-order valence-corrected chi connectivity index (χ3v) is 3.88. The highest BCUT2D eigenvalue weighted by Gasteiger charge is 2.26. The molecule has 1 unspecified atom stereocenters. The number of hydrogen-bond donors (Lipinski definition) is 2. The van der Waals surface area contributed by atoms with Crippen LogP contribution in [0.25, 0.3) is 0 Å². The average molecular weight is 260 g/mol. The Morgan fingerprint density at radius 1 is 1.37 bits per heavy atom. The molecule has 0 spiro atoms. The number of amides is 1. The lowest BCUT2D eigenvalue weighted by molar-refractivity contribution is -0.121. The third kappa shape index (κ3) is 4.67. The number of carbonyl (C=O) groups excluding carboxylic acids is 1. The average Bonchev–Trinajstić information content (AvgIpc) is 2.45. The molecule has 1 aliphatic rings. The van der Waals surface area contributed by atoms with Crippen molar-refractivity contribution in [2.24, 2.45) is 5.41 Å². The second kappa shape index (κ2) is 6.71. The first-order valence-electron chi connectivity index (χ1n) is 7.19. The van der Waals surface area contributed by atoms with Crippen LogP contribution in [0.1, 0.15) is 31.7 Å². The minimum Gasteiger partial charge on any atom is -0.355 e. The summed E-state index contributed by atoms with van der Waals surface area (Å²) in [4.78, 5) is 11.9. The number of piperidine rings is 1. The molecule has 1 aliphatic heterocycles. The van der Waals surface area contributed by atoms with Gasteiger partial charge in [0.25, 0.3) is 0 Å². The number of benzene rings is 1. The molecule has 1 saturated heterocycles. The summed E-state index contributed by atoms with van der Waals surface area (Å²) in [6, 6.07) is 10.2. The highest BCUT2D eigenvalue weighted by atomic mass is 16.1. The molecule has 0 saturated carbocycles. The van der Waals surface area contributed by atoms with Gasteiger partial charge in [-0.1, -0.05) is 37.3 Å². The summed E-state index contributed by atoms with van der Waals surface area (Å²) in [6.45, 7) is 5.15. The van der Waals surface area contributed by atoms with Crippen LogP contribution in [0.4, 0.5) is 0 Å². The molecule has 0 aliphatic carbocycles. The van der Waals surface area contributed by atoms with Crippen LogP contribution in [0.5, 0.6) is 0 Å². The molecule has 0 aromatic heterocycles. The van der Waals surface area contributed by atoms with Gasteiger partial charge in [0.2, 0.25) is 5.91 Å². The minimum atomic E-state index is 0.163. The van der Waals surface area contributed by atoms with Crippen LogP contribution in [0.2, 0.25) is 0 Å². The van der Waals surface area contributed by atoms with Crippen LogP contribution in [-0.2, 0) is 11.2 Å². The van der Waals surface area contributed by atoms with Crippen molar-refractivity contribution in [1.82, 2.24) is 10.6 Å². The van der Waals surface area contributed by atoms with E-state index in [9.17, 15) is 4.79 Å². The van der Waals surface area contributed by atoms with Crippen molar-refractivity contribution in [3.8, 4) is 0 Å². The van der Waals surface area contributed by atoms with Crippen LogP contribution in [0, 0.1) is 5.41 Å². The number of rotatable bonds is 5. The van der Waals surface area contributed by atoms with Gasteiger partial charge in [-0.25, -0.2) is 0 Å². The lowest BCUT2D eigenvalue weighted by Crippen LogP contribution is -2.45. The van der Waals surface area contributed by atoms with Crippen molar-refractivity contribution < 1.29 is 4.79 Å². The maximum absolute atomic E-state index is 11.9. The van der Waals surface area contributed by atoms with E-state index in [4.69, 9.17) is 0 Å². The van der Waals surface area contributed by atoms with Gasteiger partial charge < -0.3 is 10.6 Å². The van der Waals surface area contributed by atoms with E-state index in [1.54, 1.807) is 0 Å². The second-order valence-electron chi connectivity index (χ2n) is 5.85. The fourth-order valence-electron chi connectivity index (χ4n) is 2.57. The SMILES string of the molecule is CC1(CNC(=O)CCc2ccccc2)CCCNC1. The standard InChI is InChI=1S/C16H24N2O/c1-16(10-5-11-17-12-16)13-18-15(19)9-8-14-6-3-2-4-7-14/h2-4,6-7,17H,5,8-13H2,1H3,(H,18,19). The van der Waals surface area contributed by atoms with E-state index in [1.807, 2.05) is 18.2 Å². The van der Waals surface area contributed by atoms with Crippen molar-refractivity contribution in [2.75, 3.05) is 19.6 Å². The van der Waals surface area contributed by atoms with E-state index < -0.39 is 0 Å². The number of aryl methyl sites for hydroxylation is 1. The summed E-state index contributed by atoms with van der Waals surface area (Å²) >= 11 is 0. The Balaban J connectivity index is 1.70. The Labute approximate surface area is 115 Å². The summed E-state index contributed by atoms with van der Waals surface area (Å²) < 4.78 is 0. The van der Waals surface area contributed by atoms with Gasteiger partial charge in [0.05, 0.1) is 0 Å². The van der Waals surface area contributed by atoms with Gasteiger partial charge in [-0.3, -0.25) is 4.79 Å². The lowest BCUT2D eigenvalue weighted by Gasteiger charge is -2.34. The van der Waals surface area contributed by atoms with Crippen molar-refractivity contribution in [1.29, 1.82) is 0 Å². The number of carbonyl (C=O) groups is 1. The maximum atomic E-state index is 11.9. The topological polar surface area (TPSA) is 41.1 Å². The highest BCUT2D eigenvalue weighted by molar-refractivity contribution is 5.76. The molecule has 0 radical (unpaired) electrons. The monoisotopic (exact) mass is 260 g/mol. The Kier molecular flexibility index (Phi) is 4.97. The zero-order chi connectivity index (χ0) is 13.6. The van der Waals surface area contributed by atoms with Crippen LogP contribution in [0.15, 0.2) is 30.3 Å². The molecule has 2 N–H and O–H groups in total. The van der Waals surface area contributed by atoms with Gasteiger partial charge >= 0.3 is 0 Å². The van der Waals surface area contributed by atoms with E-state index in [2.05, 4.69) is 29.7 Å². The molecule has 1 amide bonds. The van der Waals surface area contributed by atoms with Crippen LogP contribution in [0.3, 0.4) is 0 Å². The maximum Gasteiger partial charge on any atom is 0.220 e. The molecule has 0 bridgehead atoms. The van der Waals surface area contributed by atoms with Gasteiger partial charge in [-0.15, -0.1) is 0 Å². The predicted octanol–water partition coefficient (Wildman–Crippen LogP) is 2.13. The van der Waals surface area contributed by atoms with E-state index in [1.165, 1.54) is 18.4 Å². The van der Waals surface area contributed by atoms with Gasteiger partial charge in [-0.2, -0.15) is 0 Å². The predicted molar refractivity (Wildman–Crippen MR) is 78.0 cm³/mol. The Morgan fingerprint density at radius 2 is 2.16 bits per heavy atom. The molecule has 1 fully saturated rings. The van der Waals surface area contributed by atoms with E-state index in [-0.39, 0.29) is 11.3 Å². The van der Waals surface area contributed by atoms with Gasteiger partial charge in [0.1, 0.15) is 0 Å². The molecule has 3 heteroatoms. The van der Waals surface area contributed by atoms with Crippen LogP contribution in [-0.4, -0.2) is 25.5 Å². The molecule has 1 aromatic rings. The summed E-state index contributed by atoms with van der Waals surface area (Å²) in [5, 5.41) is 6.49. The number of nitrogens with one attached hydrogen (secondary N) is 2. The molecule has 1 atom stereocenters. The summed E-state index contributed by atoms with van der Waals surface area (Å²) in [5.41, 5.74) is 1.45. The minimum absolute atomic E-state index is 0.163. The Hall–Kier alpha value is -1.35. The smallest absolute Gasteiger partial charge is 0.220 e. The van der Waals surface area contributed by atoms with Crippen molar-refractivity contribution in [3.63, 3.8) is 0 Å². The molecular formula is C16H24N2O. The van der Waals surface area contributed by atoms with Gasteiger partial charge in [-0.05, 0) is 36.8 Å². The molecule has 1 heterocycles. The van der Waals surface area contributed by atoms with E-state index in [0.29, 0.717) is 6.42 Å². The summed E-state index contributed by atoms with van der Waals surface area (Å²) in [7, 11) is 0. The van der Waals surface area contributed by atoms with Gasteiger partial charge in [0.15, 0.2) is 0 Å². The fraction of sp³-hybridized carbons (Fsp3) is 0.562. The third-order valence-electron chi connectivity index (χ3n) is 3.88. The zero-order valence-electron chi connectivity index (χ0n) is 11.7. The first kappa shape index (κ1) is 14.1. The summed E-state index contributed by atoms with van der Waals surface area (Å²) in [6.07, 6.45) is 3.80. The quantitative estimate of drug-likeness (QED) is 0.851.